The predicted molar refractivity (Wildman–Crippen MR) is 76.1 cm³/mol. The van der Waals surface area contributed by atoms with Gasteiger partial charge in [0, 0.05) is 11.9 Å². The highest BCUT2D eigenvalue weighted by molar-refractivity contribution is 7.16. The molecule has 1 fully saturated rings. The first-order valence-electron chi connectivity index (χ1n) is 6.32. The minimum Gasteiger partial charge on any atom is -0.339 e. The standard InChI is InChI=1S/C13H19ClN2OS/c1-3-13(7-4-8-15-13)12(17)16(2)9-10-5-6-11(14)18-10/h5-6,15H,3-4,7-9H2,1-2H3. The fraction of sp³-hybridized carbons (Fsp3) is 0.615. The quantitative estimate of drug-likeness (QED) is 0.923. The molecule has 1 aromatic heterocycles. The number of likely N-dealkylation sites (N-methyl/N-ethyl adjacent to an activating group) is 1. The predicted octanol–water partition coefficient (Wildman–Crippen LogP) is 2.89. The average molecular weight is 287 g/mol. The minimum absolute atomic E-state index is 0.201. The molecule has 1 amide bonds. The van der Waals surface area contributed by atoms with Crippen LogP contribution >= 0.6 is 22.9 Å². The van der Waals surface area contributed by atoms with E-state index in [1.54, 1.807) is 0 Å². The normalized spacial score (nSPS) is 23.3. The van der Waals surface area contributed by atoms with Gasteiger partial charge in [-0.1, -0.05) is 18.5 Å². The van der Waals surface area contributed by atoms with Crippen molar-refractivity contribution in [3.63, 3.8) is 0 Å². The Labute approximate surface area is 117 Å². The molecule has 1 saturated heterocycles. The average Bonchev–Trinajstić information content (AvgIpc) is 2.98. The van der Waals surface area contributed by atoms with E-state index in [1.165, 1.54) is 11.3 Å². The van der Waals surface area contributed by atoms with Crippen LogP contribution in [0.5, 0.6) is 0 Å². The molecule has 1 aliphatic rings. The fourth-order valence-corrected chi connectivity index (χ4v) is 3.69. The molecule has 0 aromatic carbocycles. The molecule has 0 radical (unpaired) electrons. The Bertz CT molecular complexity index is 426. The number of nitrogens with one attached hydrogen (secondary N) is 1. The number of hydrogen-bond donors (Lipinski definition) is 1. The molecule has 1 N–H and O–H groups in total. The summed E-state index contributed by atoms with van der Waals surface area (Å²) < 4.78 is 0.773. The molecule has 3 nitrogen and oxygen atoms in total. The van der Waals surface area contributed by atoms with Crippen LogP contribution in [0.4, 0.5) is 0 Å². The van der Waals surface area contributed by atoms with Gasteiger partial charge in [0.25, 0.3) is 0 Å². The first-order chi connectivity index (χ1) is 8.57. The zero-order valence-corrected chi connectivity index (χ0v) is 12.4. The first kappa shape index (κ1) is 13.8. The van der Waals surface area contributed by atoms with Crippen molar-refractivity contribution >= 4 is 28.8 Å². The van der Waals surface area contributed by atoms with Crippen LogP contribution in [-0.4, -0.2) is 29.9 Å². The SMILES string of the molecule is CCC1(C(=O)N(C)Cc2ccc(Cl)s2)CCCN1. The molecule has 5 heteroatoms. The second-order valence-electron chi connectivity index (χ2n) is 4.83. The van der Waals surface area contributed by atoms with Crippen molar-refractivity contribution in [2.24, 2.45) is 0 Å². The Morgan fingerprint density at radius 3 is 2.89 bits per heavy atom. The van der Waals surface area contributed by atoms with Crippen LogP contribution in [0.3, 0.4) is 0 Å². The Morgan fingerprint density at radius 2 is 2.39 bits per heavy atom. The summed E-state index contributed by atoms with van der Waals surface area (Å²) in [5.41, 5.74) is -0.337. The number of carbonyl (C=O) groups is 1. The molecule has 0 saturated carbocycles. The van der Waals surface area contributed by atoms with Crippen molar-refractivity contribution < 1.29 is 4.79 Å². The number of hydrogen-bond acceptors (Lipinski definition) is 3. The molecular formula is C13H19ClN2OS. The maximum Gasteiger partial charge on any atom is 0.242 e. The second kappa shape index (κ2) is 5.59. The monoisotopic (exact) mass is 286 g/mol. The van der Waals surface area contributed by atoms with Gasteiger partial charge in [-0.3, -0.25) is 4.79 Å². The van der Waals surface area contributed by atoms with E-state index in [4.69, 9.17) is 11.6 Å². The van der Waals surface area contributed by atoms with Gasteiger partial charge in [-0.15, -0.1) is 11.3 Å². The lowest BCUT2D eigenvalue weighted by molar-refractivity contribution is -0.137. The lowest BCUT2D eigenvalue weighted by Gasteiger charge is -2.31. The number of rotatable bonds is 4. The van der Waals surface area contributed by atoms with Crippen LogP contribution < -0.4 is 5.32 Å². The van der Waals surface area contributed by atoms with E-state index in [2.05, 4.69) is 12.2 Å². The van der Waals surface area contributed by atoms with Crippen LogP contribution in [0.15, 0.2) is 12.1 Å². The fourth-order valence-electron chi connectivity index (χ4n) is 2.55. The van der Waals surface area contributed by atoms with Crippen LogP contribution in [-0.2, 0) is 11.3 Å². The zero-order valence-electron chi connectivity index (χ0n) is 10.8. The molecule has 2 rings (SSSR count). The van der Waals surface area contributed by atoms with Crippen molar-refractivity contribution in [2.45, 2.75) is 38.3 Å². The third-order valence-electron chi connectivity index (χ3n) is 3.63. The van der Waals surface area contributed by atoms with Crippen molar-refractivity contribution in [3.05, 3.63) is 21.3 Å². The lowest BCUT2D eigenvalue weighted by Crippen LogP contribution is -2.53. The van der Waals surface area contributed by atoms with Gasteiger partial charge in [0.15, 0.2) is 0 Å². The van der Waals surface area contributed by atoms with E-state index in [9.17, 15) is 4.79 Å². The minimum atomic E-state index is -0.337. The van der Waals surface area contributed by atoms with E-state index in [-0.39, 0.29) is 11.4 Å². The number of thiophene rings is 1. The molecule has 0 spiro atoms. The van der Waals surface area contributed by atoms with Gasteiger partial charge in [0.1, 0.15) is 0 Å². The molecule has 18 heavy (non-hydrogen) atoms. The van der Waals surface area contributed by atoms with Crippen molar-refractivity contribution in [2.75, 3.05) is 13.6 Å². The van der Waals surface area contributed by atoms with Gasteiger partial charge in [-0.25, -0.2) is 0 Å². The zero-order chi connectivity index (χ0) is 13.2. The van der Waals surface area contributed by atoms with Gasteiger partial charge >= 0.3 is 0 Å². The Hall–Kier alpha value is -0.580. The molecule has 2 heterocycles. The van der Waals surface area contributed by atoms with Crippen molar-refractivity contribution in [3.8, 4) is 0 Å². The highest BCUT2D eigenvalue weighted by Gasteiger charge is 2.40. The van der Waals surface area contributed by atoms with E-state index in [0.717, 1.165) is 35.0 Å². The van der Waals surface area contributed by atoms with Crippen molar-refractivity contribution in [1.29, 1.82) is 0 Å². The smallest absolute Gasteiger partial charge is 0.242 e. The number of amides is 1. The summed E-state index contributed by atoms with van der Waals surface area (Å²) in [4.78, 5) is 15.5. The van der Waals surface area contributed by atoms with Crippen LogP contribution in [0.25, 0.3) is 0 Å². The van der Waals surface area contributed by atoms with Gasteiger partial charge < -0.3 is 10.2 Å². The summed E-state index contributed by atoms with van der Waals surface area (Å²) >= 11 is 7.44. The van der Waals surface area contributed by atoms with Crippen LogP contribution in [0, 0.1) is 0 Å². The summed E-state index contributed by atoms with van der Waals surface area (Å²) in [6.07, 6.45) is 2.87. The Balaban J connectivity index is 2.04. The highest BCUT2D eigenvalue weighted by Crippen LogP contribution is 2.27. The molecule has 1 unspecified atom stereocenters. The topological polar surface area (TPSA) is 32.3 Å². The number of nitrogens with zero attached hydrogens (tertiary/aromatic N) is 1. The number of carbonyl (C=O) groups excluding carboxylic acids is 1. The molecule has 1 atom stereocenters. The third kappa shape index (κ3) is 2.71. The van der Waals surface area contributed by atoms with E-state index >= 15 is 0 Å². The van der Waals surface area contributed by atoms with E-state index in [1.807, 2.05) is 24.1 Å². The second-order valence-corrected chi connectivity index (χ2v) is 6.63. The Morgan fingerprint density at radius 1 is 1.61 bits per heavy atom. The first-order valence-corrected chi connectivity index (χ1v) is 7.51. The summed E-state index contributed by atoms with van der Waals surface area (Å²) in [6, 6.07) is 3.86. The van der Waals surface area contributed by atoms with E-state index in [0.29, 0.717) is 6.54 Å². The molecule has 0 aliphatic carbocycles. The van der Waals surface area contributed by atoms with Crippen LogP contribution in [0.1, 0.15) is 31.1 Å². The van der Waals surface area contributed by atoms with Gasteiger partial charge in [-0.2, -0.15) is 0 Å². The third-order valence-corrected chi connectivity index (χ3v) is 4.84. The number of halogens is 1. The van der Waals surface area contributed by atoms with E-state index < -0.39 is 0 Å². The van der Waals surface area contributed by atoms with Crippen molar-refractivity contribution in [1.82, 2.24) is 10.2 Å². The van der Waals surface area contributed by atoms with Gasteiger partial charge in [-0.05, 0) is 37.9 Å². The summed E-state index contributed by atoms with van der Waals surface area (Å²) in [5, 5.41) is 3.38. The maximum atomic E-state index is 12.5. The van der Waals surface area contributed by atoms with Gasteiger partial charge in [0.2, 0.25) is 5.91 Å². The highest BCUT2D eigenvalue weighted by atomic mass is 35.5. The Kier molecular flexibility index (Phi) is 4.30. The lowest BCUT2D eigenvalue weighted by atomic mass is 9.92. The molecule has 1 aromatic rings. The largest absolute Gasteiger partial charge is 0.339 e. The molecule has 1 aliphatic heterocycles. The van der Waals surface area contributed by atoms with Gasteiger partial charge in [0.05, 0.1) is 16.4 Å². The van der Waals surface area contributed by atoms with Crippen LogP contribution in [0.2, 0.25) is 4.34 Å². The summed E-state index contributed by atoms with van der Waals surface area (Å²) in [5.74, 6) is 0.201. The molecule has 100 valence electrons. The maximum absolute atomic E-state index is 12.5. The summed E-state index contributed by atoms with van der Waals surface area (Å²) in [7, 11) is 1.87. The summed E-state index contributed by atoms with van der Waals surface area (Å²) in [6.45, 7) is 3.66. The molecular weight excluding hydrogens is 268 g/mol. The molecule has 0 bridgehead atoms.